The van der Waals surface area contributed by atoms with E-state index in [-0.39, 0.29) is 23.8 Å². The highest BCUT2D eigenvalue weighted by Crippen LogP contribution is 2.16. The van der Waals surface area contributed by atoms with E-state index in [0.29, 0.717) is 69.6 Å². The summed E-state index contributed by atoms with van der Waals surface area (Å²) in [6.45, 7) is 8.10. The number of amides is 3. The second-order valence-corrected chi connectivity index (χ2v) is 8.01. The van der Waals surface area contributed by atoms with Crippen LogP contribution in [0.3, 0.4) is 0 Å². The summed E-state index contributed by atoms with van der Waals surface area (Å²) in [5, 5.41) is 0. The Morgan fingerprint density at radius 2 is 1.39 bits per heavy atom. The predicted octanol–water partition coefficient (Wildman–Crippen LogP) is 1.31. The standard InChI is InChI=1S/C22H28N4O5/c1-16-5-6-19(31-16)22(29)26-9-7-23(8-10-26)17(2)20(27)24-11-13-25(14-12-24)21(28)18-4-3-15-30-18/h3-6,15,17H,7-14H2,1-2H3. The molecule has 2 aromatic rings. The van der Waals surface area contributed by atoms with Gasteiger partial charge in [-0.2, -0.15) is 0 Å². The second kappa shape index (κ2) is 8.97. The molecule has 0 saturated carbocycles. The highest BCUT2D eigenvalue weighted by molar-refractivity contribution is 5.92. The van der Waals surface area contributed by atoms with Crippen molar-refractivity contribution >= 4 is 17.7 Å². The number of hydrogen-bond acceptors (Lipinski definition) is 6. The molecule has 1 atom stereocenters. The van der Waals surface area contributed by atoms with Crippen LogP contribution in [-0.4, -0.2) is 95.7 Å². The van der Waals surface area contributed by atoms with Gasteiger partial charge in [-0.15, -0.1) is 0 Å². The van der Waals surface area contributed by atoms with Gasteiger partial charge in [-0.05, 0) is 38.1 Å². The third-order valence-corrected chi connectivity index (χ3v) is 6.07. The van der Waals surface area contributed by atoms with Gasteiger partial charge in [0.15, 0.2) is 11.5 Å². The summed E-state index contributed by atoms with van der Waals surface area (Å²) in [5.74, 6) is 1.21. The number of carbonyl (C=O) groups excluding carboxylic acids is 3. The van der Waals surface area contributed by atoms with E-state index < -0.39 is 0 Å². The molecule has 3 amide bonds. The lowest BCUT2D eigenvalue weighted by atomic mass is 10.1. The molecule has 1 unspecified atom stereocenters. The maximum absolute atomic E-state index is 13.0. The minimum absolute atomic E-state index is 0.0616. The van der Waals surface area contributed by atoms with Crippen molar-refractivity contribution in [2.24, 2.45) is 0 Å². The van der Waals surface area contributed by atoms with Crippen molar-refractivity contribution in [3.05, 3.63) is 47.8 Å². The van der Waals surface area contributed by atoms with Crippen molar-refractivity contribution < 1.29 is 23.2 Å². The summed E-state index contributed by atoms with van der Waals surface area (Å²) >= 11 is 0. The highest BCUT2D eigenvalue weighted by atomic mass is 16.4. The van der Waals surface area contributed by atoms with Crippen LogP contribution < -0.4 is 0 Å². The van der Waals surface area contributed by atoms with Gasteiger partial charge >= 0.3 is 0 Å². The molecular weight excluding hydrogens is 400 g/mol. The molecular formula is C22H28N4O5. The van der Waals surface area contributed by atoms with Gasteiger partial charge in [-0.25, -0.2) is 0 Å². The molecule has 9 nitrogen and oxygen atoms in total. The summed E-state index contributed by atoms with van der Waals surface area (Å²) < 4.78 is 10.6. The zero-order valence-corrected chi connectivity index (χ0v) is 18.0. The lowest BCUT2D eigenvalue weighted by Gasteiger charge is -2.40. The van der Waals surface area contributed by atoms with Crippen LogP contribution in [0.4, 0.5) is 0 Å². The molecule has 9 heteroatoms. The molecule has 0 bridgehead atoms. The zero-order chi connectivity index (χ0) is 22.0. The SMILES string of the molecule is Cc1ccc(C(=O)N2CCN(C(C)C(=O)N3CCN(C(=O)c4ccco4)CC3)CC2)o1. The molecule has 0 spiro atoms. The Morgan fingerprint density at radius 1 is 0.806 bits per heavy atom. The molecule has 0 radical (unpaired) electrons. The van der Waals surface area contributed by atoms with Crippen molar-refractivity contribution in [3.8, 4) is 0 Å². The number of nitrogens with zero attached hydrogens (tertiary/aromatic N) is 4. The van der Waals surface area contributed by atoms with Crippen LogP contribution in [0.2, 0.25) is 0 Å². The van der Waals surface area contributed by atoms with Crippen LogP contribution in [-0.2, 0) is 4.79 Å². The van der Waals surface area contributed by atoms with Crippen LogP contribution in [0.1, 0.15) is 33.8 Å². The molecule has 31 heavy (non-hydrogen) atoms. The number of furan rings is 2. The fourth-order valence-electron chi connectivity index (χ4n) is 4.12. The normalized spacial score (nSPS) is 18.8. The largest absolute Gasteiger partial charge is 0.459 e. The van der Waals surface area contributed by atoms with Crippen molar-refractivity contribution in [1.82, 2.24) is 19.6 Å². The first-order valence-corrected chi connectivity index (χ1v) is 10.7. The Morgan fingerprint density at radius 3 is 1.94 bits per heavy atom. The van der Waals surface area contributed by atoms with Crippen LogP contribution in [0.25, 0.3) is 0 Å². The minimum Gasteiger partial charge on any atom is -0.459 e. The summed E-state index contributed by atoms with van der Waals surface area (Å²) in [6, 6.07) is 6.56. The maximum atomic E-state index is 13.0. The van der Waals surface area contributed by atoms with E-state index in [0.717, 1.165) is 0 Å². The van der Waals surface area contributed by atoms with E-state index in [4.69, 9.17) is 8.83 Å². The third-order valence-electron chi connectivity index (χ3n) is 6.07. The minimum atomic E-state index is -0.268. The molecule has 2 saturated heterocycles. The van der Waals surface area contributed by atoms with Gasteiger partial charge in [0.1, 0.15) is 5.76 Å². The Kier molecular flexibility index (Phi) is 6.13. The van der Waals surface area contributed by atoms with E-state index >= 15 is 0 Å². The molecule has 0 aromatic carbocycles. The van der Waals surface area contributed by atoms with Gasteiger partial charge in [0.05, 0.1) is 12.3 Å². The first kappa shape index (κ1) is 21.2. The fraction of sp³-hybridized carbons (Fsp3) is 0.500. The Bertz CT molecular complexity index is 922. The highest BCUT2D eigenvalue weighted by Gasteiger charge is 2.33. The molecule has 2 aliphatic rings. The summed E-state index contributed by atoms with van der Waals surface area (Å²) in [6.07, 6.45) is 1.48. The smallest absolute Gasteiger partial charge is 0.289 e. The van der Waals surface area contributed by atoms with E-state index in [9.17, 15) is 14.4 Å². The topological polar surface area (TPSA) is 90.5 Å². The predicted molar refractivity (Wildman–Crippen MR) is 112 cm³/mol. The van der Waals surface area contributed by atoms with Crippen molar-refractivity contribution in [1.29, 1.82) is 0 Å². The molecule has 0 aliphatic carbocycles. The zero-order valence-electron chi connectivity index (χ0n) is 18.0. The Balaban J connectivity index is 1.25. The second-order valence-electron chi connectivity index (χ2n) is 8.01. The quantitative estimate of drug-likeness (QED) is 0.730. The molecule has 4 heterocycles. The molecule has 166 valence electrons. The lowest BCUT2D eigenvalue weighted by molar-refractivity contribution is -0.138. The maximum Gasteiger partial charge on any atom is 0.289 e. The summed E-state index contributed by atoms with van der Waals surface area (Å²) in [5.41, 5.74) is 0. The van der Waals surface area contributed by atoms with Gasteiger partial charge in [0.25, 0.3) is 11.8 Å². The van der Waals surface area contributed by atoms with E-state index in [1.165, 1.54) is 6.26 Å². The monoisotopic (exact) mass is 428 g/mol. The summed E-state index contributed by atoms with van der Waals surface area (Å²) in [7, 11) is 0. The molecule has 2 fully saturated rings. The van der Waals surface area contributed by atoms with Crippen LogP contribution in [0.5, 0.6) is 0 Å². The van der Waals surface area contributed by atoms with Gasteiger partial charge in [-0.3, -0.25) is 19.3 Å². The van der Waals surface area contributed by atoms with Gasteiger partial charge < -0.3 is 23.5 Å². The Hall–Kier alpha value is -3.07. The van der Waals surface area contributed by atoms with Crippen LogP contribution in [0.15, 0.2) is 39.4 Å². The molecule has 2 aromatic heterocycles. The number of aryl methyl sites for hydroxylation is 1. The summed E-state index contributed by atoms with van der Waals surface area (Å²) in [4.78, 5) is 45.4. The van der Waals surface area contributed by atoms with Crippen molar-refractivity contribution in [2.75, 3.05) is 52.4 Å². The number of carbonyl (C=O) groups is 3. The molecule has 0 N–H and O–H groups in total. The van der Waals surface area contributed by atoms with E-state index in [1.807, 2.05) is 18.7 Å². The first-order valence-electron chi connectivity index (χ1n) is 10.7. The first-order chi connectivity index (χ1) is 14.9. The Labute approximate surface area is 181 Å². The van der Waals surface area contributed by atoms with E-state index in [2.05, 4.69) is 4.90 Å². The van der Waals surface area contributed by atoms with Gasteiger partial charge in [0.2, 0.25) is 5.91 Å². The van der Waals surface area contributed by atoms with Crippen molar-refractivity contribution in [3.63, 3.8) is 0 Å². The van der Waals surface area contributed by atoms with Crippen LogP contribution >= 0.6 is 0 Å². The number of rotatable bonds is 4. The average molecular weight is 428 g/mol. The van der Waals surface area contributed by atoms with E-state index in [1.54, 1.807) is 34.1 Å². The number of piperazine rings is 2. The average Bonchev–Trinajstić information content (AvgIpc) is 3.49. The van der Waals surface area contributed by atoms with Gasteiger partial charge in [0, 0.05) is 52.4 Å². The van der Waals surface area contributed by atoms with Gasteiger partial charge in [-0.1, -0.05) is 0 Å². The number of hydrogen-bond donors (Lipinski definition) is 0. The lowest BCUT2D eigenvalue weighted by Crippen LogP contribution is -2.58. The third kappa shape index (κ3) is 4.51. The van der Waals surface area contributed by atoms with Crippen LogP contribution in [0, 0.1) is 6.92 Å². The van der Waals surface area contributed by atoms with Crippen molar-refractivity contribution in [2.45, 2.75) is 19.9 Å². The molecule has 4 rings (SSSR count). The molecule has 2 aliphatic heterocycles. The fourth-order valence-corrected chi connectivity index (χ4v) is 4.12.